The Morgan fingerprint density at radius 2 is 2.16 bits per heavy atom. The van der Waals surface area contributed by atoms with Crippen LogP contribution in [0, 0.1) is 0 Å². The van der Waals surface area contributed by atoms with Crippen molar-refractivity contribution in [3.05, 3.63) is 54.1 Å². The Balaban J connectivity index is 1.73. The van der Waals surface area contributed by atoms with Gasteiger partial charge in [0.25, 0.3) is 5.91 Å². The minimum atomic E-state index is 0.0221. The monoisotopic (exact) mass is 340 g/mol. The standard InChI is InChI=1S/C19H24N4O2/c1-4-12-25-16-7-5-6-15(13-16)19(24)22-9-8-17-20-21-18(14(2)3)23(17)11-10-22/h4-7,13-14H,1,8-12H2,2-3H3. The number of aromatic nitrogens is 3. The van der Waals surface area contributed by atoms with E-state index in [1.165, 1.54) is 0 Å². The Morgan fingerprint density at radius 3 is 2.92 bits per heavy atom. The molecule has 0 atom stereocenters. The molecule has 1 aliphatic heterocycles. The van der Waals surface area contributed by atoms with Gasteiger partial charge in [-0.1, -0.05) is 32.6 Å². The van der Waals surface area contributed by atoms with Gasteiger partial charge in [-0.3, -0.25) is 4.79 Å². The Labute approximate surface area is 148 Å². The summed E-state index contributed by atoms with van der Waals surface area (Å²) in [7, 11) is 0. The molecule has 0 aliphatic carbocycles. The van der Waals surface area contributed by atoms with Gasteiger partial charge in [-0.05, 0) is 18.2 Å². The molecule has 2 heterocycles. The van der Waals surface area contributed by atoms with Crippen molar-refractivity contribution in [2.45, 2.75) is 32.7 Å². The van der Waals surface area contributed by atoms with E-state index < -0.39 is 0 Å². The number of hydrogen-bond acceptors (Lipinski definition) is 4. The fourth-order valence-corrected chi connectivity index (χ4v) is 3.03. The first-order valence-corrected chi connectivity index (χ1v) is 8.65. The number of benzene rings is 1. The van der Waals surface area contributed by atoms with Crippen molar-refractivity contribution in [1.82, 2.24) is 19.7 Å². The number of hydrogen-bond donors (Lipinski definition) is 0. The second kappa shape index (κ2) is 7.51. The SMILES string of the molecule is C=CCOc1cccc(C(=O)N2CCc3nnc(C(C)C)n3CC2)c1. The molecule has 1 aromatic heterocycles. The molecule has 1 aliphatic rings. The van der Waals surface area contributed by atoms with Crippen LogP contribution in [0.2, 0.25) is 0 Å². The average molecular weight is 340 g/mol. The highest BCUT2D eigenvalue weighted by Crippen LogP contribution is 2.19. The molecular weight excluding hydrogens is 316 g/mol. The summed E-state index contributed by atoms with van der Waals surface area (Å²) < 4.78 is 7.68. The van der Waals surface area contributed by atoms with E-state index in [1.807, 2.05) is 23.1 Å². The average Bonchev–Trinajstić information content (AvgIpc) is 2.92. The van der Waals surface area contributed by atoms with Crippen molar-refractivity contribution in [3.63, 3.8) is 0 Å². The summed E-state index contributed by atoms with van der Waals surface area (Å²) in [4.78, 5) is 14.8. The molecule has 0 bridgehead atoms. The zero-order valence-electron chi connectivity index (χ0n) is 14.8. The molecule has 0 unspecified atom stereocenters. The molecule has 0 N–H and O–H groups in total. The normalized spacial score (nSPS) is 14.1. The number of fused-ring (bicyclic) bond motifs is 1. The minimum Gasteiger partial charge on any atom is -0.490 e. The Hall–Kier alpha value is -2.63. The van der Waals surface area contributed by atoms with Crippen LogP contribution in [-0.4, -0.2) is 45.3 Å². The lowest BCUT2D eigenvalue weighted by molar-refractivity contribution is 0.0758. The van der Waals surface area contributed by atoms with Crippen molar-refractivity contribution < 1.29 is 9.53 Å². The fourth-order valence-electron chi connectivity index (χ4n) is 3.03. The largest absolute Gasteiger partial charge is 0.490 e. The van der Waals surface area contributed by atoms with Crippen LogP contribution in [0.5, 0.6) is 5.75 Å². The van der Waals surface area contributed by atoms with Gasteiger partial charge >= 0.3 is 0 Å². The van der Waals surface area contributed by atoms with Crippen LogP contribution in [0.15, 0.2) is 36.9 Å². The predicted molar refractivity (Wildman–Crippen MR) is 95.9 cm³/mol. The second-order valence-corrected chi connectivity index (χ2v) is 6.45. The molecule has 132 valence electrons. The number of ether oxygens (including phenoxy) is 1. The van der Waals surface area contributed by atoms with Crippen molar-refractivity contribution >= 4 is 5.91 Å². The van der Waals surface area contributed by atoms with Crippen molar-refractivity contribution in [1.29, 1.82) is 0 Å². The molecule has 0 fully saturated rings. The lowest BCUT2D eigenvalue weighted by Crippen LogP contribution is -2.33. The van der Waals surface area contributed by atoms with Crippen molar-refractivity contribution in [3.8, 4) is 5.75 Å². The van der Waals surface area contributed by atoms with E-state index >= 15 is 0 Å². The van der Waals surface area contributed by atoms with E-state index in [1.54, 1.807) is 12.1 Å². The van der Waals surface area contributed by atoms with E-state index in [9.17, 15) is 4.79 Å². The number of carbonyl (C=O) groups is 1. The van der Waals surface area contributed by atoms with Gasteiger partial charge < -0.3 is 14.2 Å². The van der Waals surface area contributed by atoms with Crippen LogP contribution in [0.4, 0.5) is 0 Å². The summed E-state index contributed by atoms with van der Waals surface area (Å²) in [5.74, 6) is 2.97. The van der Waals surface area contributed by atoms with Gasteiger partial charge in [0.05, 0.1) is 0 Å². The lowest BCUT2D eigenvalue weighted by Gasteiger charge is -2.20. The van der Waals surface area contributed by atoms with E-state index in [0.29, 0.717) is 36.9 Å². The molecule has 0 spiro atoms. The summed E-state index contributed by atoms with van der Waals surface area (Å²) >= 11 is 0. The highest BCUT2D eigenvalue weighted by molar-refractivity contribution is 5.94. The maximum Gasteiger partial charge on any atom is 0.254 e. The Bertz CT molecular complexity index is 767. The van der Waals surface area contributed by atoms with Crippen LogP contribution in [0.1, 0.15) is 41.8 Å². The summed E-state index contributed by atoms with van der Waals surface area (Å²) in [6.07, 6.45) is 2.41. The van der Waals surface area contributed by atoms with Gasteiger partial charge in [-0.15, -0.1) is 10.2 Å². The number of carbonyl (C=O) groups excluding carboxylic acids is 1. The third-order valence-corrected chi connectivity index (χ3v) is 4.31. The predicted octanol–water partition coefficient (Wildman–Crippen LogP) is 2.66. The molecule has 1 aromatic carbocycles. The summed E-state index contributed by atoms with van der Waals surface area (Å²) in [5, 5.41) is 8.59. The summed E-state index contributed by atoms with van der Waals surface area (Å²) in [5.41, 5.74) is 0.642. The molecule has 3 rings (SSSR count). The maximum absolute atomic E-state index is 12.9. The first-order valence-electron chi connectivity index (χ1n) is 8.65. The second-order valence-electron chi connectivity index (χ2n) is 6.45. The molecule has 0 saturated carbocycles. The number of amides is 1. The lowest BCUT2D eigenvalue weighted by atomic mass is 10.2. The smallest absolute Gasteiger partial charge is 0.254 e. The molecule has 6 heteroatoms. The third-order valence-electron chi connectivity index (χ3n) is 4.31. The van der Waals surface area contributed by atoms with E-state index in [2.05, 4.69) is 35.2 Å². The zero-order chi connectivity index (χ0) is 17.8. The quantitative estimate of drug-likeness (QED) is 0.785. The molecule has 0 saturated heterocycles. The minimum absolute atomic E-state index is 0.0221. The van der Waals surface area contributed by atoms with Gasteiger partial charge in [0, 0.05) is 37.5 Å². The maximum atomic E-state index is 12.9. The molecule has 6 nitrogen and oxygen atoms in total. The molecular formula is C19H24N4O2. The van der Waals surface area contributed by atoms with Gasteiger partial charge in [0.15, 0.2) is 0 Å². The van der Waals surface area contributed by atoms with E-state index in [-0.39, 0.29) is 5.91 Å². The first kappa shape index (κ1) is 17.2. The Morgan fingerprint density at radius 1 is 1.32 bits per heavy atom. The van der Waals surface area contributed by atoms with Crippen LogP contribution >= 0.6 is 0 Å². The van der Waals surface area contributed by atoms with Crippen LogP contribution in [0.3, 0.4) is 0 Å². The van der Waals surface area contributed by atoms with Crippen molar-refractivity contribution in [2.24, 2.45) is 0 Å². The molecule has 2 aromatic rings. The van der Waals surface area contributed by atoms with Gasteiger partial charge in [-0.2, -0.15) is 0 Å². The Kier molecular flexibility index (Phi) is 5.16. The van der Waals surface area contributed by atoms with Crippen LogP contribution in [-0.2, 0) is 13.0 Å². The number of rotatable bonds is 5. The number of nitrogens with zero attached hydrogens (tertiary/aromatic N) is 4. The first-order chi connectivity index (χ1) is 12.1. The third kappa shape index (κ3) is 3.73. The summed E-state index contributed by atoms with van der Waals surface area (Å²) in [6, 6.07) is 7.30. The topological polar surface area (TPSA) is 60.2 Å². The van der Waals surface area contributed by atoms with E-state index in [4.69, 9.17) is 4.74 Å². The molecule has 25 heavy (non-hydrogen) atoms. The van der Waals surface area contributed by atoms with Gasteiger partial charge in [0.1, 0.15) is 24.0 Å². The highest BCUT2D eigenvalue weighted by Gasteiger charge is 2.23. The summed E-state index contributed by atoms with van der Waals surface area (Å²) in [6.45, 7) is 10.3. The van der Waals surface area contributed by atoms with Crippen LogP contribution in [0.25, 0.3) is 0 Å². The molecule has 0 radical (unpaired) electrons. The zero-order valence-corrected chi connectivity index (χ0v) is 14.8. The highest BCUT2D eigenvalue weighted by atomic mass is 16.5. The van der Waals surface area contributed by atoms with Gasteiger partial charge in [-0.25, -0.2) is 0 Å². The fraction of sp³-hybridized carbons (Fsp3) is 0.421. The van der Waals surface area contributed by atoms with Crippen molar-refractivity contribution in [2.75, 3.05) is 19.7 Å². The van der Waals surface area contributed by atoms with Gasteiger partial charge in [0.2, 0.25) is 0 Å². The van der Waals surface area contributed by atoms with E-state index in [0.717, 1.165) is 24.6 Å². The van der Waals surface area contributed by atoms with Crippen LogP contribution < -0.4 is 4.74 Å². The molecule has 1 amide bonds.